The molecule has 2 rings (SSSR count). The van der Waals surface area contributed by atoms with Crippen LogP contribution in [-0.4, -0.2) is 22.2 Å². The van der Waals surface area contributed by atoms with E-state index in [0.717, 1.165) is 17.8 Å². The van der Waals surface area contributed by atoms with Crippen LogP contribution in [0.25, 0.3) is 0 Å². The van der Waals surface area contributed by atoms with Gasteiger partial charge < -0.3 is 10.6 Å². The molecular weight excluding hydrogens is 252 g/mol. The number of aromatic nitrogens is 2. The van der Waals surface area contributed by atoms with E-state index in [-0.39, 0.29) is 5.91 Å². The predicted molar refractivity (Wildman–Crippen MR) is 79.6 cm³/mol. The van der Waals surface area contributed by atoms with Crippen LogP contribution in [0.1, 0.15) is 29.4 Å². The lowest BCUT2D eigenvalue weighted by Crippen LogP contribution is -2.23. The van der Waals surface area contributed by atoms with Gasteiger partial charge >= 0.3 is 0 Å². The minimum atomic E-state index is -0.0315. The minimum absolute atomic E-state index is 0.0315. The Morgan fingerprint density at radius 3 is 2.90 bits per heavy atom. The van der Waals surface area contributed by atoms with E-state index < -0.39 is 0 Å². The number of hydrogen-bond acceptors (Lipinski definition) is 3. The SMILES string of the molecule is CCCNC(=O)c1cccc(NCc2ccnn2C)c1. The standard InChI is InChI=1S/C15H20N4O/c1-3-8-16-15(20)12-5-4-6-13(10-12)17-11-14-7-9-18-19(14)2/h4-7,9-10,17H,3,8,11H2,1-2H3,(H,16,20). The summed E-state index contributed by atoms with van der Waals surface area (Å²) in [6, 6.07) is 9.48. The van der Waals surface area contributed by atoms with Crippen LogP contribution in [0, 0.1) is 0 Å². The van der Waals surface area contributed by atoms with E-state index >= 15 is 0 Å². The minimum Gasteiger partial charge on any atom is -0.379 e. The van der Waals surface area contributed by atoms with Gasteiger partial charge in [0, 0.05) is 31.0 Å². The van der Waals surface area contributed by atoms with Gasteiger partial charge in [0.1, 0.15) is 0 Å². The Labute approximate surface area is 119 Å². The lowest BCUT2D eigenvalue weighted by Gasteiger charge is -2.09. The summed E-state index contributed by atoms with van der Waals surface area (Å²) < 4.78 is 1.82. The molecule has 2 aromatic rings. The van der Waals surface area contributed by atoms with Crippen LogP contribution in [0.15, 0.2) is 36.5 Å². The molecule has 1 amide bonds. The maximum absolute atomic E-state index is 11.9. The zero-order chi connectivity index (χ0) is 14.4. The fourth-order valence-corrected chi connectivity index (χ4v) is 1.88. The van der Waals surface area contributed by atoms with Crippen molar-refractivity contribution in [3.63, 3.8) is 0 Å². The highest BCUT2D eigenvalue weighted by atomic mass is 16.1. The maximum Gasteiger partial charge on any atom is 0.251 e. The van der Waals surface area contributed by atoms with Gasteiger partial charge in [0.25, 0.3) is 5.91 Å². The number of carbonyl (C=O) groups excluding carboxylic acids is 1. The Bertz CT molecular complexity index is 577. The molecule has 2 N–H and O–H groups in total. The fourth-order valence-electron chi connectivity index (χ4n) is 1.88. The molecule has 0 aliphatic rings. The Morgan fingerprint density at radius 2 is 2.20 bits per heavy atom. The van der Waals surface area contributed by atoms with Crippen molar-refractivity contribution >= 4 is 11.6 Å². The van der Waals surface area contributed by atoms with E-state index in [1.54, 1.807) is 6.20 Å². The molecule has 20 heavy (non-hydrogen) atoms. The molecule has 0 atom stereocenters. The van der Waals surface area contributed by atoms with Crippen molar-refractivity contribution < 1.29 is 4.79 Å². The van der Waals surface area contributed by atoms with Crippen LogP contribution in [0.3, 0.4) is 0 Å². The quantitative estimate of drug-likeness (QED) is 0.847. The van der Waals surface area contributed by atoms with Crippen LogP contribution < -0.4 is 10.6 Å². The Kier molecular flexibility index (Phi) is 4.76. The maximum atomic E-state index is 11.9. The molecular formula is C15H20N4O. The molecule has 1 aromatic carbocycles. The Morgan fingerprint density at radius 1 is 1.35 bits per heavy atom. The number of aryl methyl sites for hydroxylation is 1. The summed E-state index contributed by atoms with van der Waals surface area (Å²) in [7, 11) is 1.91. The number of nitrogens with one attached hydrogen (secondary N) is 2. The van der Waals surface area contributed by atoms with Gasteiger partial charge in [-0.2, -0.15) is 5.10 Å². The smallest absolute Gasteiger partial charge is 0.251 e. The third-order valence-electron chi connectivity index (χ3n) is 3.06. The molecule has 0 saturated heterocycles. The first-order chi connectivity index (χ1) is 9.70. The summed E-state index contributed by atoms with van der Waals surface area (Å²) in [5, 5.41) is 10.3. The molecule has 0 saturated carbocycles. The van der Waals surface area contributed by atoms with Gasteiger partial charge in [-0.1, -0.05) is 13.0 Å². The Hall–Kier alpha value is -2.30. The summed E-state index contributed by atoms with van der Waals surface area (Å²) in [5.74, 6) is -0.0315. The van der Waals surface area contributed by atoms with E-state index in [4.69, 9.17) is 0 Å². The molecule has 0 aliphatic heterocycles. The van der Waals surface area contributed by atoms with Gasteiger partial charge in [0.05, 0.1) is 12.2 Å². The second-order valence-electron chi connectivity index (χ2n) is 4.64. The highest BCUT2D eigenvalue weighted by molar-refractivity contribution is 5.95. The number of benzene rings is 1. The fraction of sp³-hybridized carbons (Fsp3) is 0.333. The lowest BCUT2D eigenvalue weighted by molar-refractivity contribution is 0.0953. The molecule has 1 heterocycles. The van der Waals surface area contributed by atoms with Crippen LogP contribution in [0.2, 0.25) is 0 Å². The first kappa shape index (κ1) is 14.1. The number of rotatable bonds is 6. The second-order valence-corrected chi connectivity index (χ2v) is 4.64. The zero-order valence-electron chi connectivity index (χ0n) is 11.9. The highest BCUT2D eigenvalue weighted by Gasteiger charge is 2.05. The summed E-state index contributed by atoms with van der Waals surface area (Å²) >= 11 is 0. The van der Waals surface area contributed by atoms with Gasteiger partial charge in [-0.25, -0.2) is 0 Å². The molecule has 5 nitrogen and oxygen atoms in total. The largest absolute Gasteiger partial charge is 0.379 e. The van der Waals surface area contributed by atoms with Crippen molar-refractivity contribution in [3.8, 4) is 0 Å². The summed E-state index contributed by atoms with van der Waals surface area (Å²) in [6.07, 6.45) is 2.70. The van der Waals surface area contributed by atoms with Gasteiger partial charge in [0.15, 0.2) is 0 Å². The van der Waals surface area contributed by atoms with Crippen LogP contribution in [0.4, 0.5) is 5.69 Å². The predicted octanol–water partition coefficient (Wildman–Crippen LogP) is 2.17. The molecule has 0 unspecified atom stereocenters. The van der Waals surface area contributed by atoms with Crippen molar-refractivity contribution in [3.05, 3.63) is 47.8 Å². The molecule has 1 aromatic heterocycles. The van der Waals surface area contributed by atoms with E-state index in [1.807, 2.05) is 49.0 Å². The number of nitrogens with zero attached hydrogens (tertiary/aromatic N) is 2. The molecule has 5 heteroatoms. The van der Waals surface area contributed by atoms with Crippen molar-refractivity contribution in [1.29, 1.82) is 0 Å². The second kappa shape index (κ2) is 6.75. The van der Waals surface area contributed by atoms with Gasteiger partial charge in [-0.3, -0.25) is 9.48 Å². The third-order valence-corrected chi connectivity index (χ3v) is 3.06. The van der Waals surface area contributed by atoms with Crippen molar-refractivity contribution in [2.24, 2.45) is 7.05 Å². The van der Waals surface area contributed by atoms with E-state index in [1.165, 1.54) is 0 Å². The molecule has 0 bridgehead atoms. The average Bonchev–Trinajstić information content (AvgIpc) is 2.88. The van der Waals surface area contributed by atoms with Crippen molar-refractivity contribution in [2.45, 2.75) is 19.9 Å². The first-order valence-electron chi connectivity index (χ1n) is 6.79. The van der Waals surface area contributed by atoms with Crippen LogP contribution >= 0.6 is 0 Å². The molecule has 0 radical (unpaired) electrons. The van der Waals surface area contributed by atoms with Crippen LogP contribution in [0.5, 0.6) is 0 Å². The zero-order valence-corrected chi connectivity index (χ0v) is 11.9. The lowest BCUT2D eigenvalue weighted by atomic mass is 10.2. The topological polar surface area (TPSA) is 59.0 Å². The molecule has 106 valence electrons. The molecule has 0 spiro atoms. The molecule has 0 fully saturated rings. The summed E-state index contributed by atoms with van der Waals surface area (Å²) in [6.45, 7) is 3.41. The third kappa shape index (κ3) is 3.60. The normalized spacial score (nSPS) is 10.3. The van der Waals surface area contributed by atoms with E-state index in [9.17, 15) is 4.79 Å². The van der Waals surface area contributed by atoms with Gasteiger partial charge in [-0.15, -0.1) is 0 Å². The summed E-state index contributed by atoms with van der Waals surface area (Å²) in [4.78, 5) is 11.9. The number of anilines is 1. The average molecular weight is 272 g/mol. The summed E-state index contributed by atoms with van der Waals surface area (Å²) in [5.41, 5.74) is 2.69. The Balaban J connectivity index is 1.99. The first-order valence-corrected chi connectivity index (χ1v) is 6.79. The van der Waals surface area contributed by atoms with Crippen molar-refractivity contribution in [2.75, 3.05) is 11.9 Å². The monoisotopic (exact) mass is 272 g/mol. The van der Waals surface area contributed by atoms with E-state index in [2.05, 4.69) is 15.7 Å². The van der Waals surface area contributed by atoms with Crippen LogP contribution in [-0.2, 0) is 13.6 Å². The van der Waals surface area contributed by atoms with E-state index in [0.29, 0.717) is 18.7 Å². The molecule has 0 aliphatic carbocycles. The number of amides is 1. The highest BCUT2D eigenvalue weighted by Crippen LogP contribution is 2.12. The van der Waals surface area contributed by atoms with Gasteiger partial charge in [0.2, 0.25) is 0 Å². The van der Waals surface area contributed by atoms with Crippen molar-refractivity contribution in [1.82, 2.24) is 15.1 Å². The number of carbonyl (C=O) groups is 1. The van der Waals surface area contributed by atoms with Gasteiger partial charge in [-0.05, 0) is 30.7 Å². The number of hydrogen-bond donors (Lipinski definition) is 2.